The number of hydrogen-bond acceptors (Lipinski definition) is 5. The van der Waals surface area contributed by atoms with Crippen LogP contribution in [0.3, 0.4) is 0 Å². The second-order valence-electron chi connectivity index (χ2n) is 7.92. The summed E-state index contributed by atoms with van der Waals surface area (Å²) in [7, 11) is 0. The van der Waals surface area contributed by atoms with Gasteiger partial charge in [0, 0.05) is 12.5 Å². The zero-order chi connectivity index (χ0) is 20.5. The van der Waals surface area contributed by atoms with Gasteiger partial charge in [-0.3, -0.25) is 19.8 Å². The molecule has 8 heteroatoms. The van der Waals surface area contributed by atoms with Crippen LogP contribution in [0.2, 0.25) is 0 Å². The molecule has 0 aromatic rings. The Kier molecular flexibility index (Phi) is 9.80. The first kappa shape index (κ1) is 24.3. The van der Waals surface area contributed by atoms with Gasteiger partial charge in [-0.2, -0.15) is 0 Å². The summed E-state index contributed by atoms with van der Waals surface area (Å²) < 4.78 is 0. The zero-order valence-corrected chi connectivity index (χ0v) is 16.9. The highest BCUT2D eigenvalue weighted by Gasteiger charge is 2.47. The van der Waals surface area contributed by atoms with Crippen LogP contribution in [-0.4, -0.2) is 42.0 Å². The minimum atomic E-state index is -0.695. The molecular weight excluding hydrogens is 336 g/mol. The molecule has 0 fully saturated rings. The van der Waals surface area contributed by atoms with E-state index in [0.717, 1.165) is 6.42 Å². The van der Waals surface area contributed by atoms with Crippen molar-refractivity contribution in [2.24, 2.45) is 22.6 Å². The number of carbonyl (C=O) groups excluding carboxylic acids is 3. The van der Waals surface area contributed by atoms with Crippen molar-refractivity contribution in [3.05, 3.63) is 0 Å². The molecule has 6 N–H and O–H groups in total. The van der Waals surface area contributed by atoms with Gasteiger partial charge in [0.2, 0.25) is 11.8 Å². The largest absolute Gasteiger partial charge is 0.392 e. The third kappa shape index (κ3) is 6.92. The summed E-state index contributed by atoms with van der Waals surface area (Å²) >= 11 is 0. The maximum absolute atomic E-state index is 12.8. The Bertz CT molecular complexity index is 494. The van der Waals surface area contributed by atoms with Gasteiger partial charge in [0.25, 0.3) is 5.91 Å². The summed E-state index contributed by atoms with van der Waals surface area (Å²) in [6.45, 7) is 11.3. The summed E-state index contributed by atoms with van der Waals surface area (Å²) in [6, 6.07) is 0. The molecule has 0 rings (SSSR count). The first-order valence-electron chi connectivity index (χ1n) is 9.14. The van der Waals surface area contributed by atoms with Gasteiger partial charge in [-0.25, -0.2) is 5.84 Å². The van der Waals surface area contributed by atoms with Crippen molar-refractivity contribution in [2.45, 2.75) is 66.9 Å². The topological polar surface area (TPSA) is 134 Å². The van der Waals surface area contributed by atoms with E-state index in [-0.39, 0.29) is 30.8 Å². The number of aliphatic hydroxyl groups is 1. The number of aliphatic hydroxyl groups excluding tert-OH is 1. The molecule has 0 saturated heterocycles. The minimum Gasteiger partial charge on any atom is -0.392 e. The fourth-order valence-corrected chi connectivity index (χ4v) is 3.17. The molecule has 152 valence electrons. The molecular formula is C18H36N4O4. The normalized spacial score (nSPS) is 16.2. The predicted octanol–water partition coefficient (Wildman–Crippen LogP) is 0.448. The van der Waals surface area contributed by atoms with Crippen molar-refractivity contribution >= 4 is 17.7 Å². The third-order valence-corrected chi connectivity index (χ3v) is 5.15. The summed E-state index contributed by atoms with van der Waals surface area (Å²) in [5.41, 5.74) is 0.791. The van der Waals surface area contributed by atoms with Crippen LogP contribution in [0, 0.1) is 16.7 Å². The van der Waals surface area contributed by atoms with Crippen molar-refractivity contribution < 1.29 is 19.5 Å². The Morgan fingerprint density at radius 3 is 2.15 bits per heavy atom. The van der Waals surface area contributed by atoms with Gasteiger partial charge < -0.3 is 15.7 Å². The summed E-state index contributed by atoms with van der Waals surface area (Å²) in [6.07, 6.45) is 1.34. The van der Waals surface area contributed by atoms with Crippen LogP contribution in [0.15, 0.2) is 0 Å². The number of nitrogens with one attached hydrogen (secondary N) is 3. The summed E-state index contributed by atoms with van der Waals surface area (Å²) in [5, 5.41) is 14.8. The number of hydrazine groups is 1. The molecule has 0 aliphatic carbocycles. The van der Waals surface area contributed by atoms with Crippen molar-refractivity contribution in [3.63, 3.8) is 0 Å². The Labute approximate surface area is 156 Å². The Morgan fingerprint density at radius 2 is 1.69 bits per heavy atom. The minimum absolute atomic E-state index is 0.125. The second-order valence-corrected chi connectivity index (χ2v) is 7.92. The lowest BCUT2D eigenvalue weighted by Gasteiger charge is -2.44. The monoisotopic (exact) mass is 372 g/mol. The van der Waals surface area contributed by atoms with E-state index in [0.29, 0.717) is 12.8 Å². The van der Waals surface area contributed by atoms with E-state index in [2.05, 4.69) is 10.6 Å². The molecule has 0 aliphatic heterocycles. The van der Waals surface area contributed by atoms with Crippen LogP contribution >= 0.6 is 0 Å². The van der Waals surface area contributed by atoms with Gasteiger partial charge in [-0.05, 0) is 25.2 Å². The average Bonchev–Trinajstić information content (AvgIpc) is 2.56. The van der Waals surface area contributed by atoms with Gasteiger partial charge >= 0.3 is 0 Å². The molecule has 0 aliphatic rings. The van der Waals surface area contributed by atoms with Gasteiger partial charge in [0.1, 0.15) is 0 Å². The lowest BCUT2D eigenvalue weighted by Crippen LogP contribution is -2.51. The standard InChI is InChI=1S/C18H36N4O4/c1-7-8-18(6,16(26)21-10-13(3)23)17(4,5)9-12(2)15(25)20-11-14(24)22-19/h12-13,23H,7-11,19H2,1-6H3,(H,20,25)(H,21,26)(H,22,24). The number of carbonyl (C=O) groups is 3. The number of hydrogen-bond donors (Lipinski definition) is 5. The molecule has 3 unspecified atom stereocenters. The van der Waals surface area contributed by atoms with Crippen molar-refractivity contribution in [3.8, 4) is 0 Å². The molecule has 26 heavy (non-hydrogen) atoms. The number of rotatable bonds is 11. The molecule has 0 aromatic carbocycles. The summed E-state index contributed by atoms with van der Waals surface area (Å²) in [4.78, 5) is 36.2. The van der Waals surface area contributed by atoms with Crippen molar-refractivity contribution in [1.82, 2.24) is 16.1 Å². The highest BCUT2D eigenvalue weighted by molar-refractivity contribution is 5.86. The van der Waals surface area contributed by atoms with Crippen LogP contribution in [0.5, 0.6) is 0 Å². The van der Waals surface area contributed by atoms with Crippen LogP contribution in [0.4, 0.5) is 0 Å². The molecule has 0 radical (unpaired) electrons. The maximum Gasteiger partial charge on any atom is 0.253 e. The molecule has 0 heterocycles. The molecule has 0 bridgehead atoms. The summed E-state index contributed by atoms with van der Waals surface area (Å²) in [5.74, 6) is 3.76. The van der Waals surface area contributed by atoms with Gasteiger partial charge in [0.05, 0.1) is 18.1 Å². The van der Waals surface area contributed by atoms with E-state index in [1.165, 1.54) is 0 Å². The zero-order valence-electron chi connectivity index (χ0n) is 16.9. The highest BCUT2D eigenvalue weighted by Crippen LogP contribution is 2.47. The lowest BCUT2D eigenvalue weighted by molar-refractivity contribution is -0.140. The van der Waals surface area contributed by atoms with Crippen LogP contribution in [0.1, 0.15) is 60.8 Å². The van der Waals surface area contributed by atoms with E-state index in [4.69, 9.17) is 5.84 Å². The first-order valence-corrected chi connectivity index (χ1v) is 9.14. The Balaban J connectivity index is 5.14. The molecule has 0 aromatic heterocycles. The van der Waals surface area contributed by atoms with E-state index >= 15 is 0 Å². The predicted molar refractivity (Wildman–Crippen MR) is 101 cm³/mol. The average molecular weight is 373 g/mol. The fourth-order valence-electron chi connectivity index (χ4n) is 3.17. The molecule has 0 saturated carbocycles. The maximum atomic E-state index is 12.8. The third-order valence-electron chi connectivity index (χ3n) is 5.15. The van der Waals surface area contributed by atoms with Gasteiger partial charge in [-0.1, -0.05) is 41.0 Å². The van der Waals surface area contributed by atoms with Crippen LogP contribution in [-0.2, 0) is 14.4 Å². The van der Waals surface area contributed by atoms with E-state index in [9.17, 15) is 19.5 Å². The van der Waals surface area contributed by atoms with E-state index in [1.54, 1.807) is 13.8 Å². The molecule has 3 amide bonds. The van der Waals surface area contributed by atoms with Crippen LogP contribution < -0.4 is 21.9 Å². The highest BCUT2D eigenvalue weighted by atomic mass is 16.3. The van der Waals surface area contributed by atoms with E-state index < -0.39 is 22.8 Å². The molecule has 3 atom stereocenters. The smallest absolute Gasteiger partial charge is 0.253 e. The SMILES string of the molecule is CCCC(C)(C(=O)NCC(C)O)C(C)(C)CC(C)C(=O)NCC(=O)NN. The quantitative estimate of drug-likeness (QED) is 0.204. The van der Waals surface area contributed by atoms with Crippen molar-refractivity contribution in [1.29, 1.82) is 0 Å². The van der Waals surface area contributed by atoms with Crippen molar-refractivity contribution in [2.75, 3.05) is 13.1 Å². The van der Waals surface area contributed by atoms with Gasteiger partial charge in [-0.15, -0.1) is 0 Å². The lowest BCUT2D eigenvalue weighted by atomic mass is 9.60. The number of amides is 3. The Morgan fingerprint density at radius 1 is 1.12 bits per heavy atom. The second kappa shape index (κ2) is 10.5. The van der Waals surface area contributed by atoms with E-state index in [1.807, 2.05) is 33.1 Å². The molecule has 8 nitrogen and oxygen atoms in total. The molecule has 0 spiro atoms. The Hall–Kier alpha value is -1.67. The fraction of sp³-hybridized carbons (Fsp3) is 0.833. The first-order chi connectivity index (χ1) is 11.9. The van der Waals surface area contributed by atoms with Crippen LogP contribution in [0.25, 0.3) is 0 Å². The van der Waals surface area contributed by atoms with Gasteiger partial charge in [0.15, 0.2) is 0 Å². The number of nitrogens with two attached hydrogens (primary N) is 1.